The van der Waals surface area contributed by atoms with Gasteiger partial charge in [0.2, 0.25) is 0 Å². The number of nitrogens with zero attached hydrogens (tertiary/aromatic N) is 3. The molecule has 5 heteroatoms. The van der Waals surface area contributed by atoms with Crippen molar-refractivity contribution in [1.82, 2.24) is 9.97 Å². The van der Waals surface area contributed by atoms with Crippen LogP contribution in [0, 0.1) is 11.3 Å². The van der Waals surface area contributed by atoms with Crippen molar-refractivity contribution in [2.45, 2.75) is 0 Å². The molecule has 1 amide bonds. The minimum atomic E-state index is -0.317. The predicted molar refractivity (Wildman–Crippen MR) is 61.1 cm³/mol. The molecule has 1 heterocycles. The van der Waals surface area contributed by atoms with Crippen LogP contribution in [0.5, 0.6) is 0 Å². The van der Waals surface area contributed by atoms with E-state index in [9.17, 15) is 4.79 Å². The molecular weight excluding hydrogens is 216 g/mol. The Bertz CT molecular complexity index is 575. The molecule has 1 N–H and O–H groups in total. The first-order valence-electron chi connectivity index (χ1n) is 4.87. The van der Waals surface area contributed by atoms with Crippen LogP contribution in [0.3, 0.4) is 0 Å². The van der Waals surface area contributed by atoms with Gasteiger partial charge in [-0.05, 0) is 18.2 Å². The number of rotatable bonds is 2. The van der Waals surface area contributed by atoms with Crippen LogP contribution in [0.1, 0.15) is 15.9 Å². The number of carbonyl (C=O) groups is 1. The van der Waals surface area contributed by atoms with Gasteiger partial charge in [0.15, 0.2) is 5.82 Å². The number of nitrogens with one attached hydrogen (secondary N) is 1. The quantitative estimate of drug-likeness (QED) is 0.840. The maximum Gasteiger partial charge on any atom is 0.256 e. The van der Waals surface area contributed by atoms with Crippen molar-refractivity contribution < 1.29 is 4.79 Å². The van der Waals surface area contributed by atoms with Crippen LogP contribution >= 0.6 is 0 Å². The molecule has 0 aliphatic heterocycles. The number of anilines is 1. The summed E-state index contributed by atoms with van der Waals surface area (Å²) in [6, 6.07) is 8.42. The Kier molecular flexibility index (Phi) is 3.08. The van der Waals surface area contributed by atoms with Crippen LogP contribution in [0.4, 0.5) is 5.82 Å². The molecule has 0 spiro atoms. The van der Waals surface area contributed by atoms with Crippen LogP contribution in [-0.4, -0.2) is 15.9 Å². The zero-order valence-electron chi connectivity index (χ0n) is 8.79. The SMILES string of the molecule is N#Cc1cccc(C(=O)Nc2cnccn2)c1. The summed E-state index contributed by atoms with van der Waals surface area (Å²) >= 11 is 0. The molecule has 5 nitrogen and oxygen atoms in total. The lowest BCUT2D eigenvalue weighted by atomic mass is 10.1. The van der Waals surface area contributed by atoms with E-state index in [0.29, 0.717) is 16.9 Å². The number of benzene rings is 1. The van der Waals surface area contributed by atoms with E-state index in [4.69, 9.17) is 5.26 Å². The van der Waals surface area contributed by atoms with Crippen molar-refractivity contribution in [3.05, 3.63) is 54.0 Å². The number of carbonyl (C=O) groups excluding carboxylic acids is 1. The smallest absolute Gasteiger partial charge is 0.256 e. The number of hydrogen-bond donors (Lipinski definition) is 1. The van der Waals surface area contributed by atoms with Crippen molar-refractivity contribution >= 4 is 11.7 Å². The highest BCUT2D eigenvalue weighted by Gasteiger charge is 2.06. The van der Waals surface area contributed by atoms with E-state index in [1.165, 1.54) is 24.7 Å². The zero-order chi connectivity index (χ0) is 12.1. The largest absolute Gasteiger partial charge is 0.305 e. The maximum absolute atomic E-state index is 11.8. The molecule has 1 aromatic heterocycles. The van der Waals surface area contributed by atoms with Crippen molar-refractivity contribution in [2.24, 2.45) is 0 Å². The van der Waals surface area contributed by atoms with Crippen molar-refractivity contribution in [3.63, 3.8) is 0 Å². The lowest BCUT2D eigenvalue weighted by Crippen LogP contribution is -2.13. The highest BCUT2D eigenvalue weighted by atomic mass is 16.1. The summed E-state index contributed by atoms with van der Waals surface area (Å²) < 4.78 is 0. The second kappa shape index (κ2) is 4.86. The van der Waals surface area contributed by atoms with E-state index in [1.807, 2.05) is 6.07 Å². The summed E-state index contributed by atoms with van der Waals surface area (Å²) in [5.41, 5.74) is 0.853. The topological polar surface area (TPSA) is 78.7 Å². The van der Waals surface area contributed by atoms with Gasteiger partial charge < -0.3 is 5.32 Å². The van der Waals surface area contributed by atoms with Gasteiger partial charge in [-0.25, -0.2) is 4.98 Å². The molecule has 2 rings (SSSR count). The lowest BCUT2D eigenvalue weighted by molar-refractivity contribution is 0.102. The van der Waals surface area contributed by atoms with Gasteiger partial charge in [-0.15, -0.1) is 0 Å². The number of aromatic nitrogens is 2. The predicted octanol–water partition coefficient (Wildman–Crippen LogP) is 1.60. The van der Waals surface area contributed by atoms with Crippen molar-refractivity contribution in [3.8, 4) is 6.07 Å². The molecule has 0 unspecified atom stereocenters. The monoisotopic (exact) mass is 224 g/mol. The third kappa shape index (κ3) is 2.63. The Labute approximate surface area is 97.8 Å². The van der Waals surface area contributed by atoms with Gasteiger partial charge in [0.25, 0.3) is 5.91 Å². The third-order valence-electron chi connectivity index (χ3n) is 2.06. The molecule has 2 aromatic rings. The van der Waals surface area contributed by atoms with E-state index < -0.39 is 0 Å². The fraction of sp³-hybridized carbons (Fsp3) is 0. The summed E-state index contributed by atoms with van der Waals surface area (Å²) in [5.74, 6) is 0.0578. The maximum atomic E-state index is 11.8. The first kappa shape index (κ1) is 10.8. The van der Waals surface area contributed by atoms with E-state index in [2.05, 4.69) is 15.3 Å². The van der Waals surface area contributed by atoms with Gasteiger partial charge in [-0.2, -0.15) is 5.26 Å². The summed E-state index contributed by atoms with van der Waals surface area (Å²) in [6.07, 6.45) is 4.46. The molecule has 0 atom stereocenters. The summed E-state index contributed by atoms with van der Waals surface area (Å²) in [4.78, 5) is 19.6. The molecule has 1 aromatic carbocycles. The van der Waals surface area contributed by atoms with Gasteiger partial charge in [0, 0.05) is 18.0 Å². The summed E-state index contributed by atoms with van der Waals surface area (Å²) in [6.45, 7) is 0. The molecule has 0 aliphatic carbocycles. The molecule has 0 bridgehead atoms. The highest BCUT2D eigenvalue weighted by molar-refractivity contribution is 6.03. The molecule has 17 heavy (non-hydrogen) atoms. The molecule has 0 radical (unpaired) electrons. The van der Waals surface area contributed by atoms with Crippen LogP contribution in [-0.2, 0) is 0 Å². The average Bonchev–Trinajstić information content (AvgIpc) is 2.40. The van der Waals surface area contributed by atoms with Gasteiger partial charge in [0.1, 0.15) is 0 Å². The fourth-order valence-corrected chi connectivity index (χ4v) is 1.28. The normalized spacial score (nSPS) is 9.35. The Hall–Kier alpha value is -2.74. The van der Waals surface area contributed by atoms with Gasteiger partial charge >= 0.3 is 0 Å². The van der Waals surface area contributed by atoms with E-state index in [-0.39, 0.29) is 5.91 Å². The highest BCUT2D eigenvalue weighted by Crippen LogP contribution is 2.07. The van der Waals surface area contributed by atoms with E-state index in [0.717, 1.165) is 0 Å². The van der Waals surface area contributed by atoms with Gasteiger partial charge in [-0.3, -0.25) is 9.78 Å². The molecule has 0 saturated heterocycles. The second-order valence-corrected chi connectivity index (χ2v) is 3.24. The number of hydrogen-bond acceptors (Lipinski definition) is 4. The summed E-state index contributed by atoms with van der Waals surface area (Å²) in [7, 11) is 0. The van der Waals surface area contributed by atoms with E-state index in [1.54, 1.807) is 18.2 Å². The first-order chi connectivity index (χ1) is 8.29. The molecule has 0 aliphatic rings. The molecule has 0 fully saturated rings. The Morgan fingerprint density at radius 1 is 1.35 bits per heavy atom. The van der Waals surface area contributed by atoms with Crippen LogP contribution < -0.4 is 5.32 Å². The second-order valence-electron chi connectivity index (χ2n) is 3.24. The Balaban J connectivity index is 2.18. The van der Waals surface area contributed by atoms with Crippen LogP contribution in [0.25, 0.3) is 0 Å². The molecular formula is C12H8N4O. The van der Waals surface area contributed by atoms with Crippen LogP contribution in [0.2, 0.25) is 0 Å². The Morgan fingerprint density at radius 3 is 2.94 bits per heavy atom. The molecule has 0 saturated carbocycles. The number of amides is 1. The van der Waals surface area contributed by atoms with Crippen molar-refractivity contribution in [1.29, 1.82) is 5.26 Å². The molecule has 82 valence electrons. The van der Waals surface area contributed by atoms with Gasteiger partial charge in [0.05, 0.1) is 17.8 Å². The third-order valence-corrected chi connectivity index (χ3v) is 2.06. The zero-order valence-corrected chi connectivity index (χ0v) is 8.79. The Morgan fingerprint density at radius 2 is 2.24 bits per heavy atom. The minimum absolute atomic E-state index is 0.317. The van der Waals surface area contributed by atoms with Crippen LogP contribution in [0.15, 0.2) is 42.9 Å². The van der Waals surface area contributed by atoms with Crippen molar-refractivity contribution in [2.75, 3.05) is 5.32 Å². The average molecular weight is 224 g/mol. The minimum Gasteiger partial charge on any atom is -0.305 e. The van der Waals surface area contributed by atoms with E-state index >= 15 is 0 Å². The summed E-state index contributed by atoms with van der Waals surface area (Å²) in [5, 5.41) is 11.3. The standard InChI is InChI=1S/C12H8N4O/c13-7-9-2-1-3-10(6-9)12(17)16-11-8-14-4-5-15-11/h1-6,8H,(H,15,16,17). The fourth-order valence-electron chi connectivity index (χ4n) is 1.28. The number of nitriles is 1. The van der Waals surface area contributed by atoms with Gasteiger partial charge in [-0.1, -0.05) is 6.07 Å². The lowest BCUT2D eigenvalue weighted by Gasteiger charge is -2.03. The first-order valence-corrected chi connectivity index (χ1v) is 4.87.